The molecule has 0 aliphatic rings. The van der Waals surface area contributed by atoms with Gasteiger partial charge in [-0.2, -0.15) is 0 Å². The van der Waals surface area contributed by atoms with Gasteiger partial charge in [-0.25, -0.2) is 10.4 Å². The van der Waals surface area contributed by atoms with Crippen LogP contribution in [-0.2, 0) is 0 Å². The quantitative estimate of drug-likeness (QED) is 0.249. The van der Waals surface area contributed by atoms with Crippen LogP contribution in [0, 0.1) is 0 Å². The number of carbonyl (C=O) groups is 1. The van der Waals surface area contributed by atoms with Crippen molar-refractivity contribution < 1.29 is 9.53 Å². The predicted octanol–water partition coefficient (Wildman–Crippen LogP) is 8.03. The zero-order valence-electron chi connectivity index (χ0n) is 18.7. The van der Waals surface area contributed by atoms with Gasteiger partial charge >= 0.3 is 0 Å². The van der Waals surface area contributed by atoms with Gasteiger partial charge in [0.05, 0.1) is 10.7 Å². The molecule has 1 aromatic heterocycles. The van der Waals surface area contributed by atoms with Crippen LogP contribution in [0.25, 0.3) is 22.4 Å². The number of hydrazine groups is 1. The Morgan fingerprint density at radius 2 is 1.54 bits per heavy atom. The largest absolute Gasteiger partial charge is 0.438 e. The van der Waals surface area contributed by atoms with Gasteiger partial charge in [0.15, 0.2) is 0 Å². The highest BCUT2D eigenvalue weighted by Crippen LogP contribution is 2.40. The third-order valence-corrected chi connectivity index (χ3v) is 6.24. The molecule has 0 radical (unpaired) electrons. The van der Waals surface area contributed by atoms with Gasteiger partial charge in [-0.15, -0.1) is 0 Å². The molecule has 0 saturated heterocycles. The average molecular weight is 547 g/mol. The molecule has 0 fully saturated rings. The number of benzene rings is 3. The van der Waals surface area contributed by atoms with Crippen LogP contribution in [0.15, 0.2) is 72.8 Å². The monoisotopic (exact) mass is 545 g/mol. The minimum Gasteiger partial charge on any atom is -0.438 e. The van der Waals surface area contributed by atoms with E-state index in [4.69, 9.17) is 56.1 Å². The van der Waals surface area contributed by atoms with Crippen LogP contribution in [0.3, 0.4) is 0 Å². The summed E-state index contributed by atoms with van der Waals surface area (Å²) in [6.07, 6.45) is 0. The van der Waals surface area contributed by atoms with E-state index in [0.29, 0.717) is 42.7 Å². The van der Waals surface area contributed by atoms with Crippen molar-refractivity contribution >= 4 is 52.3 Å². The van der Waals surface area contributed by atoms with Crippen LogP contribution in [0.2, 0.25) is 20.1 Å². The minimum absolute atomic E-state index is 0.0955. The number of nitrogens with zero attached hydrogens (tertiary/aromatic N) is 2. The lowest BCUT2D eigenvalue weighted by molar-refractivity contribution is 0.0732. The van der Waals surface area contributed by atoms with E-state index in [1.807, 2.05) is 12.1 Å². The molecular weight excluding hydrogens is 528 g/mol. The zero-order chi connectivity index (χ0) is 25.1. The number of ether oxygens (including phenoxy) is 1. The van der Waals surface area contributed by atoms with Crippen LogP contribution in [0.5, 0.6) is 11.6 Å². The molecule has 35 heavy (non-hydrogen) atoms. The molecule has 1 amide bonds. The second kappa shape index (κ2) is 10.9. The van der Waals surface area contributed by atoms with Gasteiger partial charge in [0.25, 0.3) is 5.91 Å². The molecule has 1 N–H and O–H groups in total. The van der Waals surface area contributed by atoms with Gasteiger partial charge in [0.2, 0.25) is 5.88 Å². The highest BCUT2D eigenvalue weighted by Gasteiger charge is 2.24. The third kappa shape index (κ3) is 5.72. The molecule has 1 heterocycles. The normalized spacial score (nSPS) is 10.8. The standard InChI is InChI=1S/C26H19Cl4N3O2/c1-31-33(2)26(34)22-14-21(15-6-8-16(27)9-7-15)24(20-11-10-18(29)13-23(20)30)32-25(22)35-19-5-3-4-17(28)12-19/h3-14,31H,1-2H3. The minimum atomic E-state index is -0.346. The molecule has 0 atom stereocenters. The molecule has 9 heteroatoms. The predicted molar refractivity (Wildman–Crippen MR) is 143 cm³/mol. The molecule has 0 bridgehead atoms. The second-order valence-electron chi connectivity index (χ2n) is 7.52. The lowest BCUT2D eigenvalue weighted by Gasteiger charge is -2.20. The van der Waals surface area contributed by atoms with Crippen LogP contribution in [-0.4, -0.2) is 30.0 Å². The van der Waals surface area contributed by atoms with Gasteiger partial charge in [-0.05, 0) is 60.2 Å². The maximum atomic E-state index is 13.3. The van der Waals surface area contributed by atoms with Crippen molar-refractivity contribution in [3.8, 4) is 34.0 Å². The Labute approximate surface area is 223 Å². The van der Waals surface area contributed by atoms with Crippen molar-refractivity contribution in [2.24, 2.45) is 0 Å². The Bertz CT molecular complexity index is 1390. The Hall–Kier alpha value is -2.80. The SMILES string of the molecule is CNN(C)C(=O)c1cc(-c2ccc(Cl)cc2)c(-c2ccc(Cl)cc2Cl)nc1Oc1cccc(Cl)c1. The number of hydrogen-bond donors (Lipinski definition) is 1. The molecule has 178 valence electrons. The summed E-state index contributed by atoms with van der Waals surface area (Å²) in [5.74, 6) is 0.178. The number of carbonyl (C=O) groups excluding carboxylic acids is 1. The fourth-order valence-electron chi connectivity index (χ4n) is 3.39. The molecule has 3 aromatic carbocycles. The van der Waals surface area contributed by atoms with E-state index in [1.54, 1.807) is 74.8 Å². The first-order valence-corrected chi connectivity index (χ1v) is 11.9. The van der Waals surface area contributed by atoms with Gasteiger partial charge < -0.3 is 4.74 Å². The lowest BCUT2D eigenvalue weighted by Crippen LogP contribution is -2.37. The topological polar surface area (TPSA) is 54.5 Å². The number of hydrogen-bond acceptors (Lipinski definition) is 4. The Morgan fingerprint density at radius 3 is 2.20 bits per heavy atom. The fraction of sp³-hybridized carbons (Fsp3) is 0.0769. The van der Waals surface area contributed by atoms with Crippen LogP contribution in [0.1, 0.15) is 10.4 Å². The molecule has 0 spiro atoms. The Morgan fingerprint density at radius 1 is 0.857 bits per heavy atom. The summed E-state index contributed by atoms with van der Waals surface area (Å²) < 4.78 is 6.08. The molecule has 0 saturated carbocycles. The van der Waals surface area contributed by atoms with Crippen molar-refractivity contribution in [1.82, 2.24) is 15.4 Å². The van der Waals surface area contributed by atoms with E-state index in [2.05, 4.69) is 5.43 Å². The smallest absolute Gasteiger partial charge is 0.273 e. The summed E-state index contributed by atoms with van der Waals surface area (Å²) in [6, 6.07) is 20.9. The van der Waals surface area contributed by atoms with Crippen LogP contribution >= 0.6 is 46.4 Å². The first-order valence-electron chi connectivity index (χ1n) is 10.4. The van der Waals surface area contributed by atoms with Gasteiger partial charge in [0.1, 0.15) is 11.3 Å². The molecular formula is C26H19Cl4N3O2. The Balaban J connectivity index is 2.00. The Kier molecular flexibility index (Phi) is 7.85. The molecule has 5 nitrogen and oxygen atoms in total. The van der Waals surface area contributed by atoms with E-state index in [0.717, 1.165) is 5.56 Å². The molecule has 4 aromatic rings. The van der Waals surface area contributed by atoms with E-state index >= 15 is 0 Å². The van der Waals surface area contributed by atoms with Crippen molar-refractivity contribution in [2.75, 3.05) is 14.1 Å². The van der Waals surface area contributed by atoms with E-state index < -0.39 is 0 Å². The zero-order valence-corrected chi connectivity index (χ0v) is 21.7. The molecule has 4 rings (SSSR count). The van der Waals surface area contributed by atoms with Crippen LogP contribution < -0.4 is 10.2 Å². The summed E-state index contributed by atoms with van der Waals surface area (Å²) in [6.45, 7) is 0. The summed E-state index contributed by atoms with van der Waals surface area (Å²) in [5, 5.41) is 3.30. The second-order valence-corrected chi connectivity index (χ2v) is 9.23. The summed E-state index contributed by atoms with van der Waals surface area (Å²) in [5.41, 5.74) is 5.64. The fourth-order valence-corrected chi connectivity index (χ4v) is 4.19. The van der Waals surface area contributed by atoms with Gasteiger partial charge in [-0.1, -0.05) is 64.6 Å². The maximum Gasteiger partial charge on any atom is 0.273 e. The van der Waals surface area contributed by atoms with Gasteiger partial charge in [0, 0.05) is 40.3 Å². The first kappa shape index (κ1) is 25.3. The summed E-state index contributed by atoms with van der Waals surface area (Å²) in [4.78, 5) is 18.1. The maximum absolute atomic E-state index is 13.3. The summed E-state index contributed by atoms with van der Waals surface area (Å²) >= 11 is 25.0. The average Bonchev–Trinajstić information content (AvgIpc) is 2.83. The van der Waals surface area contributed by atoms with Crippen molar-refractivity contribution in [3.05, 3.63) is 98.5 Å². The lowest BCUT2D eigenvalue weighted by atomic mass is 9.97. The molecule has 0 aliphatic carbocycles. The van der Waals surface area contributed by atoms with E-state index in [9.17, 15) is 4.79 Å². The number of amides is 1. The number of halogens is 4. The number of rotatable bonds is 6. The van der Waals surface area contributed by atoms with Crippen LogP contribution in [0.4, 0.5) is 0 Å². The highest BCUT2D eigenvalue weighted by atomic mass is 35.5. The molecule has 0 unspecified atom stereocenters. The first-order chi connectivity index (χ1) is 16.8. The molecule has 0 aliphatic heterocycles. The summed E-state index contributed by atoms with van der Waals surface area (Å²) in [7, 11) is 3.25. The third-order valence-electron chi connectivity index (χ3n) is 5.21. The van der Waals surface area contributed by atoms with Gasteiger partial charge in [-0.3, -0.25) is 9.80 Å². The highest BCUT2D eigenvalue weighted by molar-refractivity contribution is 6.36. The van der Waals surface area contributed by atoms with Crippen molar-refractivity contribution in [3.63, 3.8) is 0 Å². The number of nitrogens with one attached hydrogen (secondary N) is 1. The van der Waals surface area contributed by atoms with Crippen molar-refractivity contribution in [2.45, 2.75) is 0 Å². The van der Waals surface area contributed by atoms with E-state index in [-0.39, 0.29) is 17.4 Å². The number of pyridine rings is 1. The number of aromatic nitrogens is 1. The van der Waals surface area contributed by atoms with E-state index in [1.165, 1.54) is 5.01 Å². The van der Waals surface area contributed by atoms with Crippen molar-refractivity contribution in [1.29, 1.82) is 0 Å².